The van der Waals surface area contributed by atoms with Crippen LogP contribution in [0.15, 0.2) is 48.5 Å². The molecule has 0 saturated heterocycles. The number of amides is 1. The normalized spacial score (nSPS) is 10.6. The summed E-state index contributed by atoms with van der Waals surface area (Å²) in [6.07, 6.45) is 0. The van der Waals surface area contributed by atoms with E-state index in [1.54, 1.807) is 30.3 Å². The highest BCUT2D eigenvalue weighted by Gasteiger charge is 2.20. The minimum Gasteiger partial charge on any atom is -0.497 e. The van der Waals surface area contributed by atoms with Gasteiger partial charge in [0.25, 0.3) is 17.3 Å². The van der Waals surface area contributed by atoms with Crippen LogP contribution in [0.1, 0.15) is 10.4 Å². The summed E-state index contributed by atoms with van der Waals surface area (Å²) >= 11 is 0. The number of hydrogen-bond donors (Lipinski definition) is 1. The van der Waals surface area contributed by atoms with Crippen molar-refractivity contribution in [2.45, 2.75) is 0 Å². The molecular formula is C22H19N7O8. The molecule has 1 N–H and O–H groups in total. The summed E-state index contributed by atoms with van der Waals surface area (Å²) in [5, 5.41) is 37.2. The lowest BCUT2D eigenvalue weighted by Gasteiger charge is -2.10. The maximum atomic E-state index is 12.4. The van der Waals surface area contributed by atoms with Crippen molar-refractivity contribution in [2.24, 2.45) is 0 Å². The predicted octanol–water partition coefficient (Wildman–Crippen LogP) is 2.43. The molecule has 4 aromatic rings. The molecule has 2 aromatic heterocycles. The van der Waals surface area contributed by atoms with Gasteiger partial charge in [0.1, 0.15) is 18.1 Å². The Kier molecular flexibility index (Phi) is 7.04. The van der Waals surface area contributed by atoms with E-state index in [2.05, 4.69) is 20.6 Å². The number of hydrogen-bond acceptors (Lipinski definition) is 11. The first-order valence-electron chi connectivity index (χ1n) is 10.6. The molecule has 15 nitrogen and oxygen atoms in total. The number of nitro groups is 2. The van der Waals surface area contributed by atoms with Gasteiger partial charge in [-0.1, -0.05) is 0 Å². The first-order valence-corrected chi connectivity index (χ1v) is 10.6. The highest BCUT2D eigenvalue weighted by atomic mass is 16.6. The van der Waals surface area contributed by atoms with Crippen LogP contribution in [0.25, 0.3) is 17.0 Å². The Morgan fingerprint density at radius 2 is 1.70 bits per heavy atom. The molecule has 0 atom stereocenters. The second kappa shape index (κ2) is 10.5. The molecule has 2 heterocycles. The molecule has 15 heteroatoms. The third-order valence-electron chi connectivity index (χ3n) is 5.11. The van der Waals surface area contributed by atoms with E-state index in [-0.39, 0.29) is 24.6 Å². The zero-order valence-corrected chi connectivity index (χ0v) is 19.5. The van der Waals surface area contributed by atoms with Crippen molar-refractivity contribution in [3.63, 3.8) is 0 Å². The largest absolute Gasteiger partial charge is 0.497 e. The van der Waals surface area contributed by atoms with Crippen LogP contribution in [0.5, 0.6) is 17.4 Å². The lowest BCUT2D eigenvalue weighted by molar-refractivity contribution is -0.394. The van der Waals surface area contributed by atoms with Crippen LogP contribution in [0.3, 0.4) is 0 Å². The Balaban J connectivity index is 1.46. The number of nitro benzene ring substituents is 2. The number of aromatic nitrogens is 4. The minimum absolute atomic E-state index is 0.00617. The van der Waals surface area contributed by atoms with E-state index in [0.717, 1.165) is 18.2 Å². The summed E-state index contributed by atoms with van der Waals surface area (Å²) in [6.45, 7) is -0.0189. The summed E-state index contributed by atoms with van der Waals surface area (Å²) < 4.78 is 17.8. The topological polar surface area (TPSA) is 186 Å². The SMILES string of the molecule is COc1ccc(OC)c(-c2nnc3ccc(OCCNC(=O)c4cc([N+](=O)[O-])cc([N+](=O)[O-])c4)nn23)c1. The number of carbonyl (C=O) groups is 1. The number of fused-ring (bicyclic) bond motifs is 1. The average Bonchev–Trinajstić information content (AvgIpc) is 3.33. The van der Waals surface area contributed by atoms with Gasteiger partial charge in [0, 0.05) is 18.2 Å². The molecule has 0 saturated carbocycles. The molecule has 4 rings (SSSR count). The zero-order chi connectivity index (χ0) is 26.5. The number of benzene rings is 2. The summed E-state index contributed by atoms with van der Waals surface area (Å²) in [7, 11) is 3.06. The van der Waals surface area contributed by atoms with Crippen molar-refractivity contribution in [1.82, 2.24) is 25.1 Å². The Hall–Kier alpha value is -5.34. The monoisotopic (exact) mass is 509 g/mol. The van der Waals surface area contributed by atoms with Gasteiger partial charge >= 0.3 is 0 Å². The second-order valence-electron chi connectivity index (χ2n) is 7.39. The van der Waals surface area contributed by atoms with E-state index in [4.69, 9.17) is 14.2 Å². The second-order valence-corrected chi connectivity index (χ2v) is 7.39. The van der Waals surface area contributed by atoms with Crippen LogP contribution < -0.4 is 19.5 Å². The molecule has 0 fully saturated rings. The van der Waals surface area contributed by atoms with Crippen LogP contribution in [-0.2, 0) is 0 Å². The molecule has 0 unspecified atom stereocenters. The standard InChI is InChI=1S/C22H19N7O8/c1-35-16-3-4-18(36-2)17(12-16)21-25-24-19-5-6-20(26-27(19)21)37-8-7-23-22(30)13-9-14(28(31)32)11-15(10-13)29(33)34/h3-6,9-12H,7-8H2,1-2H3,(H,23,30). The number of methoxy groups -OCH3 is 2. The lowest BCUT2D eigenvalue weighted by Crippen LogP contribution is -2.28. The summed E-state index contributed by atoms with van der Waals surface area (Å²) in [4.78, 5) is 32.8. The fourth-order valence-corrected chi connectivity index (χ4v) is 3.37. The van der Waals surface area contributed by atoms with Crippen molar-refractivity contribution in [3.05, 3.63) is 74.3 Å². The lowest BCUT2D eigenvalue weighted by atomic mass is 10.1. The highest BCUT2D eigenvalue weighted by molar-refractivity contribution is 5.95. The molecule has 0 spiro atoms. The van der Waals surface area contributed by atoms with Crippen LogP contribution >= 0.6 is 0 Å². The molecule has 0 radical (unpaired) electrons. The van der Waals surface area contributed by atoms with Crippen LogP contribution in [0.4, 0.5) is 11.4 Å². The Labute approximate surface area is 207 Å². The number of nitrogens with zero attached hydrogens (tertiary/aromatic N) is 6. The number of non-ortho nitro benzene ring substituents is 2. The maximum absolute atomic E-state index is 12.4. The molecule has 0 aliphatic carbocycles. The van der Waals surface area contributed by atoms with Gasteiger partial charge in [-0.2, -0.15) is 4.52 Å². The number of ether oxygens (including phenoxy) is 3. The zero-order valence-electron chi connectivity index (χ0n) is 19.5. The van der Waals surface area contributed by atoms with E-state index in [1.807, 2.05) is 0 Å². The first-order chi connectivity index (χ1) is 17.8. The van der Waals surface area contributed by atoms with Crippen molar-refractivity contribution in [2.75, 3.05) is 27.4 Å². The van der Waals surface area contributed by atoms with Gasteiger partial charge in [-0.3, -0.25) is 25.0 Å². The van der Waals surface area contributed by atoms with Gasteiger partial charge < -0.3 is 19.5 Å². The maximum Gasteiger partial charge on any atom is 0.277 e. The summed E-state index contributed by atoms with van der Waals surface area (Å²) in [6, 6.07) is 11.1. The molecule has 190 valence electrons. The van der Waals surface area contributed by atoms with E-state index in [0.29, 0.717) is 28.5 Å². The van der Waals surface area contributed by atoms with E-state index >= 15 is 0 Å². The van der Waals surface area contributed by atoms with Gasteiger partial charge in [0.05, 0.1) is 47.8 Å². The fraction of sp³-hybridized carbons (Fsp3) is 0.182. The van der Waals surface area contributed by atoms with Crippen LogP contribution in [-0.4, -0.2) is 62.9 Å². The van der Waals surface area contributed by atoms with Crippen LogP contribution in [0, 0.1) is 20.2 Å². The van der Waals surface area contributed by atoms with E-state index in [9.17, 15) is 25.0 Å². The third-order valence-corrected chi connectivity index (χ3v) is 5.11. The molecule has 1 amide bonds. The molecule has 2 aromatic carbocycles. The minimum atomic E-state index is -0.810. The molecule has 0 aliphatic rings. The Morgan fingerprint density at radius 3 is 2.35 bits per heavy atom. The number of nitrogens with one attached hydrogen (secondary N) is 1. The molecule has 0 aliphatic heterocycles. The Morgan fingerprint density at radius 1 is 0.973 bits per heavy atom. The average molecular weight is 509 g/mol. The number of rotatable bonds is 10. The third kappa shape index (κ3) is 5.34. The van der Waals surface area contributed by atoms with Gasteiger partial charge in [-0.15, -0.1) is 15.3 Å². The van der Waals surface area contributed by atoms with Crippen molar-refractivity contribution < 1.29 is 28.9 Å². The van der Waals surface area contributed by atoms with Crippen molar-refractivity contribution >= 4 is 22.9 Å². The fourth-order valence-electron chi connectivity index (χ4n) is 3.37. The molecule has 37 heavy (non-hydrogen) atoms. The number of carbonyl (C=O) groups excluding carboxylic acids is 1. The van der Waals surface area contributed by atoms with Gasteiger partial charge in [-0.05, 0) is 24.3 Å². The smallest absolute Gasteiger partial charge is 0.277 e. The van der Waals surface area contributed by atoms with Gasteiger partial charge in [-0.25, -0.2) is 0 Å². The Bertz CT molecular complexity index is 1470. The van der Waals surface area contributed by atoms with Gasteiger partial charge in [0.2, 0.25) is 5.88 Å². The molecular weight excluding hydrogens is 490 g/mol. The van der Waals surface area contributed by atoms with Crippen molar-refractivity contribution in [1.29, 1.82) is 0 Å². The van der Waals surface area contributed by atoms with Gasteiger partial charge in [0.15, 0.2) is 11.5 Å². The summed E-state index contributed by atoms with van der Waals surface area (Å²) in [5.74, 6) is 0.981. The molecule has 0 bridgehead atoms. The first kappa shape index (κ1) is 24.8. The van der Waals surface area contributed by atoms with Crippen LogP contribution in [0.2, 0.25) is 0 Å². The van der Waals surface area contributed by atoms with Crippen molar-refractivity contribution in [3.8, 4) is 28.8 Å². The van der Waals surface area contributed by atoms with E-state index < -0.39 is 27.1 Å². The summed E-state index contributed by atoms with van der Waals surface area (Å²) in [5.41, 5.74) is -0.303. The quantitative estimate of drug-likeness (QED) is 0.188. The highest BCUT2D eigenvalue weighted by Crippen LogP contribution is 2.32. The van der Waals surface area contributed by atoms with E-state index in [1.165, 1.54) is 18.7 Å². The predicted molar refractivity (Wildman–Crippen MR) is 127 cm³/mol.